The van der Waals surface area contributed by atoms with Crippen LogP contribution in [0.1, 0.15) is 48.4 Å². The van der Waals surface area contributed by atoms with Gasteiger partial charge in [0.2, 0.25) is 0 Å². The zero-order valence-corrected chi connectivity index (χ0v) is 17.3. The number of hydrogen-bond acceptors (Lipinski definition) is 6. The van der Waals surface area contributed by atoms with E-state index in [9.17, 15) is 4.79 Å². The van der Waals surface area contributed by atoms with Gasteiger partial charge in [-0.25, -0.2) is 4.79 Å². The lowest BCUT2D eigenvalue weighted by Crippen LogP contribution is -2.32. The fourth-order valence-corrected chi connectivity index (χ4v) is 4.38. The molecule has 1 aromatic rings. The predicted molar refractivity (Wildman–Crippen MR) is 106 cm³/mol. The zero-order chi connectivity index (χ0) is 19.8. The number of carbonyl (C=O) groups is 1. The quantitative estimate of drug-likeness (QED) is 0.568. The van der Waals surface area contributed by atoms with Gasteiger partial charge in [0.05, 0.1) is 13.2 Å². The smallest absolute Gasteiger partial charge is 0.357 e. The maximum absolute atomic E-state index is 13.0. The number of rotatable bonds is 4. The molecule has 1 aliphatic heterocycles. The Bertz CT molecular complexity index is 790. The Morgan fingerprint density at radius 3 is 2.56 bits per heavy atom. The molecule has 146 valence electrons. The highest BCUT2D eigenvalue weighted by atomic mass is 32.1. The number of aryl methyl sites for hydroxylation is 3. The third-order valence-corrected chi connectivity index (χ3v) is 5.49. The summed E-state index contributed by atoms with van der Waals surface area (Å²) in [5, 5.41) is -0.0255. The molecule has 27 heavy (non-hydrogen) atoms. The molecule has 0 amide bonds. The summed E-state index contributed by atoms with van der Waals surface area (Å²) >= 11 is 5.14. The molecule has 1 saturated carbocycles. The van der Waals surface area contributed by atoms with Crippen molar-refractivity contribution >= 4 is 29.0 Å². The summed E-state index contributed by atoms with van der Waals surface area (Å²) in [6, 6.07) is 4.11. The molecular formula is C21H26O5S. The molecule has 6 heteroatoms. The number of benzene rings is 1. The van der Waals surface area contributed by atoms with Gasteiger partial charge in [0.15, 0.2) is 11.4 Å². The van der Waals surface area contributed by atoms with Gasteiger partial charge in [-0.05, 0) is 57.2 Å². The zero-order valence-electron chi connectivity index (χ0n) is 16.5. The molecule has 0 bridgehead atoms. The summed E-state index contributed by atoms with van der Waals surface area (Å²) in [5.74, 6) is 0.0766. The van der Waals surface area contributed by atoms with Crippen LogP contribution in [0.15, 0.2) is 17.9 Å². The Morgan fingerprint density at radius 1 is 1.30 bits per heavy atom. The fourth-order valence-electron chi connectivity index (χ4n) is 4.30. The van der Waals surface area contributed by atoms with E-state index in [1.807, 2.05) is 27.7 Å². The first-order chi connectivity index (χ1) is 12.8. The SMILES string of the molecule is CCOC1CCC2(C1)OC(=O)C(c1c(C)cc(C)cc1C)=C2OC(=S)OC. The third kappa shape index (κ3) is 3.60. The number of carbonyl (C=O) groups excluding carboxylic acids is 1. The molecule has 0 radical (unpaired) electrons. The van der Waals surface area contributed by atoms with Crippen LogP contribution in [0.4, 0.5) is 0 Å². The van der Waals surface area contributed by atoms with Crippen LogP contribution in [0, 0.1) is 20.8 Å². The third-order valence-electron chi connectivity index (χ3n) is 5.24. The number of esters is 1. The van der Waals surface area contributed by atoms with Gasteiger partial charge in [0.25, 0.3) is 0 Å². The summed E-state index contributed by atoms with van der Waals surface area (Å²) in [5.41, 5.74) is 3.58. The van der Waals surface area contributed by atoms with Crippen molar-refractivity contribution < 1.29 is 23.7 Å². The van der Waals surface area contributed by atoms with Crippen molar-refractivity contribution in [3.8, 4) is 0 Å². The van der Waals surface area contributed by atoms with E-state index in [1.165, 1.54) is 7.11 Å². The van der Waals surface area contributed by atoms with Gasteiger partial charge in [0.1, 0.15) is 5.57 Å². The van der Waals surface area contributed by atoms with Crippen LogP contribution in [0.3, 0.4) is 0 Å². The first kappa shape index (κ1) is 19.8. The summed E-state index contributed by atoms with van der Waals surface area (Å²) in [7, 11) is 1.45. The maximum Gasteiger partial charge on any atom is 0.357 e. The van der Waals surface area contributed by atoms with E-state index in [4.69, 9.17) is 31.2 Å². The van der Waals surface area contributed by atoms with E-state index < -0.39 is 5.60 Å². The van der Waals surface area contributed by atoms with Gasteiger partial charge >= 0.3 is 11.2 Å². The monoisotopic (exact) mass is 390 g/mol. The summed E-state index contributed by atoms with van der Waals surface area (Å²) < 4.78 is 22.6. The lowest BCUT2D eigenvalue weighted by molar-refractivity contribution is -0.146. The molecule has 1 aliphatic carbocycles. The van der Waals surface area contributed by atoms with Crippen LogP contribution >= 0.6 is 12.2 Å². The fraction of sp³-hybridized carbons (Fsp3) is 0.524. The van der Waals surface area contributed by atoms with E-state index in [0.29, 0.717) is 30.8 Å². The molecule has 0 aromatic heterocycles. The predicted octanol–water partition coefficient (Wildman–Crippen LogP) is 4.16. The average Bonchev–Trinajstić information content (AvgIpc) is 3.10. The van der Waals surface area contributed by atoms with Crippen molar-refractivity contribution in [2.45, 2.75) is 58.7 Å². The molecule has 2 unspecified atom stereocenters. The van der Waals surface area contributed by atoms with Crippen molar-refractivity contribution in [1.29, 1.82) is 0 Å². The van der Waals surface area contributed by atoms with Crippen LogP contribution in [0.25, 0.3) is 5.57 Å². The highest BCUT2D eigenvalue weighted by Gasteiger charge is 2.55. The molecule has 0 saturated heterocycles. The molecule has 2 aliphatic rings. The Labute approximate surface area is 165 Å². The lowest BCUT2D eigenvalue weighted by Gasteiger charge is -2.25. The Hall–Kier alpha value is -1.92. The Balaban J connectivity index is 2.15. The van der Waals surface area contributed by atoms with Crippen molar-refractivity contribution in [2.75, 3.05) is 13.7 Å². The second kappa shape index (κ2) is 7.60. The molecule has 0 N–H and O–H groups in total. The first-order valence-corrected chi connectivity index (χ1v) is 9.66. The Morgan fingerprint density at radius 2 is 1.96 bits per heavy atom. The molecular weight excluding hydrogens is 364 g/mol. The molecule has 1 heterocycles. The van der Waals surface area contributed by atoms with E-state index in [2.05, 4.69) is 12.1 Å². The summed E-state index contributed by atoms with van der Waals surface area (Å²) in [4.78, 5) is 13.0. The normalized spacial score (nSPS) is 24.5. The minimum Gasteiger partial charge on any atom is -0.460 e. The number of ether oxygens (including phenoxy) is 4. The first-order valence-electron chi connectivity index (χ1n) is 9.25. The Kier molecular flexibility index (Phi) is 5.58. The van der Waals surface area contributed by atoms with Gasteiger partial charge in [-0.3, -0.25) is 0 Å². The summed E-state index contributed by atoms with van der Waals surface area (Å²) in [6.07, 6.45) is 2.02. The van der Waals surface area contributed by atoms with Gasteiger partial charge < -0.3 is 18.9 Å². The minimum absolute atomic E-state index is 0.0251. The molecule has 2 atom stereocenters. The maximum atomic E-state index is 13.0. The largest absolute Gasteiger partial charge is 0.460 e. The van der Waals surface area contributed by atoms with Crippen molar-refractivity contribution in [3.63, 3.8) is 0 Å². The molecule has 1 aromatic carbocycles. The van der Waals surface area contributed by atoms with E-state index in [1.54, 1.807) is 0 Å². The molecule has 3 rings (SSSR count). The standard InChI is InChI=1S/C21H26O5S/c1-6-24-15-7-8-21(11-15)18(25-20(27)23-5)17(19(22)26-21)16-13(3)9-12(2)10-14(16)4/h9-10,15H,6-8,11H2,1-5H3. The highest BCUT2D eigenvalue weighted by Crippen LogP contribution is 2.50. The molecule has 5 nitrogen and oxygen atoms in total. The number of hydrogen-bond donors (Lipinski definition) is 0. The topological polar surface area (TPSA) is 54.0 Å². The van der Waals surface area contributed by atoms with Crippen LogP contribution < -0.4 is 0 Å². The average molecular weight is 391 g/mol. The van der Waals surface area contributed by atoms with Crippen LogP contribution in [-0.4, -0.2) is 36.6 Å². The lowest BCUT2D eigenvalue weighted by atomic mass is 9.90. The van der Waals surface area contributed by atoms with Crippen molar-refractivity contribution in [3.05, 3.63) is 40.1 Å². The van der Waals surface area contributed by atoms with Crippen molar-refractivity contribution in [1.82, 2.24) is 0 Å². The highest BCUT2D eigenvalue weighted by molar-refractivity contribution is 7.79. The van der Waals surface area contributed by atoms with Crippen LogP contribution in [0.5, 0.6) is 0 Å². The van der Waals surface area contributed by atoms with Gasteiger partial charge in [-0.1, -0.05) is 17.7 Å². The van der Waals surface area contributed by atoms with Crippen LogP contribution in [0.2, 0.25) is 0 Å². The van der Waals surface area contributed by atoms with E-state index >= 15 is 0 Å². The van der Waals surface area contributed by atoms with E-state index in [0.717, 1.165) is 28.7 Å². The van der Waals surface area contributed by atoms with Gasteiger partial charge in [-0.15, -0.1) is 0 Å². The van der Waals surface area contributed by atoms with Gasteiger partial charge in [-0.2, -0.15) is 0 Å². The number of methoxy groups -OCH3 is 1. The number of thiocarbonyl (C=S) groups is 1. The second-order valence-electron chi connectivity index (χ2n) is 7.24. The summed E-state index contributed by atoms with van der Waals surface area (Å²) in [6.45, 7) is 8.60. The second-order valence-corrected chi connectivity index (χ2v) is 7.57. The van der Waals surface area contributed by atoms with Crippen molar-refractivity contribution in [2.24, 2.45) is 0 Å². The van der Waals surface area contributed by atoms with Crippen LogP contribution in [-0.2, 0) is 23.7 Å². The molecule has 1 spiro atoms. The minimum atomic E-state index is -0.849. The van der Waals surface area contributed by atoms with E-state index in [-0.39, 0.29) is 17.3 Å². The molecule has 1 fully saturated rings. The van der Waals surface area contributed by atoms with Gasteiger partial charge in [0, 0.05) is 25.2 Å².